The summed E-state index contributed by atoms with van der Waals surface area (Å²) in [7, 11) is 2.71. The number of nitrogen functional groups attached to an aromatic ring is 1. The molecule has 0 saturated heterocycles. The third-order valence-corrected chi connectivity index (χ3v) is 8.72. The van der Waals surface area contributed by atoms with Crippen molar-refractivity contribution < 1.29 is 4.79 Å². The predicted molar refractivity (Wildman–Crippen MR) is 143 cm³/mol. The summed E-state index contributed by atoms with van der Waals surface area (Å²) >= 11 is 2.61. The van der Waals surface area contributed by atoms with Gasteiger partial charge in [-0.15, -0.1) is 11.3 Å². The van der Waals surface area contributed by atoms with Gasteiger partial charge in [-0.1, -0.05) is 36.9 Å². The Morgan fingerprint density at radius 3 is 2.58 bits per heavy atom. The first-order valence-electron chi connectivity index (χ1n) is 11.5. The normalized spacial score (nSPS) is 15.2. The number of rotatable bonds is 5. The van der Waals surface area contributed by atoms with Gasteiger partial charge in [-0.05, 0) is 42.9 Å². The Morgan fingerprint density at radius 2 is 1.86 bits per heavy atom. The van der Waals surface area contributed by atoms with Gasteiger partial charge in [0.1, 0.15) is 16.2 Å². The van der Waals surface area contributed by atoms with Gasteiger partial charge in [0, 0.05) is 19.0 Å². The van der Waals surface area contributed by atoms with Crippen LogP contribution in [-0.2, 0) is 26.9 Å². The van der Waals surface area contributed by atoms with E-state index in [0.717, 1.165) is 45.7 Å². The number of nitrogens with two attached hydrogens (primary N) is 1. The Balaban J connectivity index is 1.61. The standard InChI is InChI=1S/C25H25N5O4S2/c1-13-9-10-15-17(11-13)36-21-18(15)23(33)30(14-7-5-4-6-8-14)24(27-21)35-12-16(31)19-20(26)28(2)25(34)29(3)22(19)32/h4-8,13H,9-12,26H2,1-3H3/t13-/m0/s1. The number of ketones is 1. The van der Waals surface area contributed by atoms with E-state index in [1.165, 1.54) is 23.5 Å². The molecule has 1 aliphatic carbocycles. The number of hydrogen-bond acceptors (Lipinski definition) is 8. The molecule has 36 heavy (non-hydrogen) atoms. The average molecular weight is 524 g/mol. The van der Waals surface area contributed by atoms with Crippen LogP contribution in [0, 0.1) is 5.92 Å². The van der Waals surface area contributed by atoms with Crippen LogP contribution in [-0.4, -0.2) is 30.2 Å². The average Bonchev–Trinajstić information content (AvgIpc) is 3.23. The molecule has 1 atom stereocenters. The molecular weight excluding hydrogens is 498 g/mol. The zero-order chi connectivity index (χ0) is 25.7. The second-order valence-corrected chi connectivity index (χ2v) is 11.1. The fourth-order valence-electron chi connectivity index (χ4n) is 4.60. The van der Waals surface area contributed by atoms with Crippen LogP contribution >= 0.6 is 23.1 Å². The topological polar surface area (TPSA) is 122 Å². The van der Waals surface area contributed by atoms with Crippen molar-refractivity contribution in [3.8, 4) is 5.69 Å². The maximum absolute atomic E-state index is 13.8. The van der Waals surface area contributed by atoms with Crippen molar-refractivity contribution in [2.24, 2.45) is 20.0 Å². The largest absolute Gasteiger partial charge is 0.384 e. The van der Waals surface area contributed by atoms with E-state index in [4.69, 9.17) is 10.7 Å². The quantitative estimate of drug-likeness (QED) is 0.242. The number of aryl methyl sites for hydroxylation is 1. The smallest absolute Gasteiger partial charge is 0.332 e. The lowest BCUT2D eigenvalue weighted by Crippen LogP contribution is -2.41. The molecular formula is C25H25N5O4S2. The minimum absolute atomic E-state index is 0.161. The molecule has 5 rings (SSSR count). The van der Waals surface area contributed by atoms with Crippen LogP contribution in [0.1, 0.15) is 34.1 Å². The zero-order valence-electron chi connectivity index (χ0n) is 20.1. The van der Waals surface area contributed by atoms with E-state index < -0.39 is 17.0 Å². The molecule has 1 aliphatic rings. The molecule has 0 spiro atoms. The number of fused-ring (bicyclic) bond motifs is 3. The number of para-hydroxylation sites is 1. The highest BCUT2D eigenvalue weighted by atomic mass is 32.2. The minimum atomic E-state index is -0.745. The first kappa shape index (κ1) is 24.3. The number of benzene rings is 1. The molecule has 2 N–H and O–H groups in total. The van der Waals surface area contributed by atoms with Crippen LogP contribution < -0.4 is 22.5 Å². The van der Waals surface area contributed by atoms with Crippen molar-refractivity contribution in [3.05, 3.63) is 77.5 Å². The summed E-state index contributed by atoms with van der Waals surface area (Å²) in [4.78, 5) is 58.4. The molecule has 0 bridgehead atoms. The maximum Gasteiger partial charge on any atom is 0.332 e. The van der Waals surface area contributed by atoms with Crippen molar-refractivity contribution in [1.82, 2.24) is 18.7 Å². The molecule has 3 heterocycles. The van der Waals surface area contributed by atoms with Crippen LogP contribution in [0.3, 0.4) is 0 Å². The van der Waals surface area contributed by atoms with Gasteiger partial charge in [-0.25, -0.2) is 9.78 Å². The summed E-state index contributed by atoms with van der Waals surface area (Å²) in [5, 5.41) is 1.01. The van der Waals surface area contributed by atoms with Crippen LogP contribution in [0.5, 0.6) is 0 Å². The number of carbonyl (C=O) groups excluding carboxylic acids is 1. The monoisotopic (exact) mass is 523 g/mol. The molecule has 186 valence electrons. The van der Waals surface area contributed by atoms with E-state index >= 15 is 0 Å². The number of carbonyl (C=O) groups is 1. The first-order valence-corrected chi connectivity index (χ1v) is 13.3. The van der Waals surface area contributed by atoms with Gasteiger partial charge in [-0.3, -0.25) is 28.1 Å². The lowest BCUT2D eigenvalue weighted by atomic mass is 9.89. The van der Waals surface area contributed by atoms with Gasteiger partial charge in [0.05, 0.1) is 16.8 Å². The summed E-state index contributed by atoms with van der Waals surface area (Å²) in [5.74, 6) is -0.340. The third-order valence-electron chi connectivity index (χ3n) is 6.63. The minimum Gasteiger partial charge on any atom is -0.384 e. The van der Waals surface area contributed by atoms with Crippen LogP contribution in [0.2, 0.25) is 0 Å². The first-order chi connectivity index (χ1) is 17.2. The van der Waals surface area contributed by atoms with Crippen molar-refractivity contribution in [1.29, 1.82) is 0 Å². The van der Waals surface area contributed by atoms with Gasteiger partial charge in [0.2, 0.25) is 0 Å². The number of thiophene rings is 1. The maximum atomic E-state index is 13.8. The van der Waals surface area contributed by atoms with Crippen molar-refractivity contribution in [2.75, 3.05) is 11.5 Å². The summed E-state index contributed by atoms with van der Waals surface area (Å²) in [5.41, 5.74) is 5.93. The predicted octanol–water partition coefficient (Wildman–Crippen LogP) is 2.53. The SMILES string of the molecule is C[C@H]1CCc2c(sc3nc(SCC(=O)c4c(N)n(C)c(=O)n(C)c4=O)n(-c4ccccc4)c(=O)c23)C1. The van der Waals surface area contributed by atoms with Crippen LogP contribution in [0.25, 0.3) is 15.9 Å². The van der Waals surface area contributed by atoms with Crippen LogP contribution in [0.4, 0.5) is 5.82 Å². The lowest BCUT2D eigenvalue weighted by molar-refractivity contribution is 0.102. The second-order valence-electron chi connectivity index (χ2n) is 9.08. The van der Waals surface area contributed by atoms with Gasteiger partial charge >= 0.3 is 5.69 Å². The second kappa shape index (κ2) is 9.21. The molecule has 9 nitrogen and oxygen atoms in total. The third kappa shape index (κ3) is 3.92. The van der Waals surface area contributed by atoms with E-state index in [1.54, 1.807) is 11.3 Å². The van der Waals surface area contributed by atoms with Gasteiger partial charge in [0.15, 0.2) is 10.9 Å². The van der Waals surface area contributed by atoms with Crippen molar-refractivity contribution in [3.63, 3.8) is 0 Å². The molecule has 0 radical (unpaired) electrons. The molecule has 11 heteroatoms. The van der Waals surface area contributed by atoms with Gasteiger partial charge < -0.3 is 5.73 Å². The van der Waals surface area contributed by atoms with E-state index in [9.17, 15) is 19.2 Å². The molecule has 1 aromatic carbocycles. The molecule has 0 amide bonds. The molecule has 3 aromatic heterocycles. The Morgan fingerprint density at radius 1 is 1.14 bits per heavy atom. The summed E-state index contributed by atoms with van der Waals surface area (Å²) < 4.78 is 3.46. The Bertz CT molecular complexity index is 1700. The number of aromatic nitrogens is 4. The highest BCUT2D eigenvalue weighted by Gasteiger charge is 2.26. The van der Waals surface area contributed by atoms with Crippen LogP contribution in [0.15, 0.2) is 49.9 Å². The Kier molecular flexibility index (Phi) is 6.21. The van der Waals surface area contributed by atoms with Crippen molar-refractivity contribution >= 4 is 44.9 Å². The molecule has 0 fully saturated rings. The molecule has 4 aromatic rings. The van der Waals surface area contributed by atoms with E-state index in [-0.39, 0.29) is 22.7 Å². The number of thioether (sulfide) groups is 1. The van der Waals surface area contributed by atoms with Gasteiger partial charge in [-0.2, -0.15) is 0 Å². The van der Waals surface area contributed by atoms with Crippen molar-refractivity contribution in [2.45, 2.75) is 31.3 Å². The molecule has 0 unspecified atom stereocenters. The fraction of sp³-hybridized carbons (Fsp3) is 0.320. The Hall–Kier alpha value is -3.44. The number of Topliss-reactive ketones (excluding diaryl/α,β-unsaturated/α-hetero) is 1. The van der Waals surface area contributed by atoms with E-state index in [2.05, 4.69) is 6.92 Å². The highest BCUT2D eigenvalue weighted by molar-refractivity contribution is 7.99. The fourth-order valence-corrected chi connectivity index (χ4v) is 6.91. The lowest BCUT2D eigenvalue weighted by Gasteiger charge is -2.17. The summed E-state index contributed by atoms with van der Waals surface area (Å²) in [6.45, 7) is 2.21. The number of hydrogen-bond donors (Lipinski definition) is 1. The number of nitrogens with zero attached hydrogens (tertiary/aromatic N) is 4. The van der Waals surface area contributed by atoms with E-state index in [1.807, 2.05) is 30.3 Å². The zero-order valence-corrected chi connectivity index (χ0v) is 21.7. The summed E-state index contributed by atoms with van der Waals surface area (Å²) in [6, 6.07) is 9.18. The highest BCUT2D eigenvalue weighted by Crippen LogP contribution is 2.37. The summed E-state index contributed by atoms with van der Waals surface area (Å²) in [6.07, 6.45) is 2.81. The molecule has 0 saturated carbocycles. The molecule has 0 aliphatic heterocycles. The van der Waals surface area contributed by atoms with Gasteiger partial charge in [0.25, 0.3) is 11.1 Å². The number of anilines is 1. The Labute approximate surface area is 214 Å². The van der Waals surface area contributed by atoms with E-state index in [0.29, 0.717) is 27.0 Å².